The molecule has 1 saturated carbocycles. The molecular formula is C17H24FNO2. The monoisotopic (exact) mass is 293 g/mol. The molecule has 0 bridgehead atoms. The smallest absolute Gasteiger partial charge is 0.309 e. The minimum absolute atomic E-state index is 0.0286. The van der Waals surface area contributed by atoms with E-state index in [2.05, 4.69) is 0 Å². The summed E-state index contributed by atoms with van der Waals surface area (Å²) in [5.41, 5.74) is 6.22. The molecule has 116 valence electrons. The lowest BCUT2D eigenvalue weighted by Gasteiger charge is -2.30. The van der Waals surface area contributed by atoms with Gasteiger partial charge in [0.1, 0.15) is 11.4 Å². The zero-order valence-corrected chi connectivity index (χ0v) is 13.0. The minimum Gasteiger partial charge on any atom is -0.460 e. The number of rotatable bonds is 2. The van der Waals surface area contributed by atoms with Crippen molar-refractivity contribution in [2.75, 3.05) is 5.73 Å². The maximum Gasteiger partial charge on any atom is 0.309 e. The summed E-state index contributed by atoms with van der Waals surface area (Å²) in [5, 5.41) is 0. The van der Waals surface area contributed by atoms with Gasteiger partial charge in [-0.15, -0.1) is 0 Å². The highest BCUT2D eigenvalue weighted by molar-refractivity contribution is 5.73. The molecule has 0 saturated heterocycles. The Kier molecular flexibility index (Phi) is 4.55. The molecule has 2 rings (SSSR count). The van der Waals surface area contributed by atoms with Crippen molar-refractivity contribution in [2.45, 2.75) is 58.0 Å². The van der Waals surface area contributed by atoms with Crippen LogP contribution < -0.4 is 5.73 Å². The molecule has 3 nitrogen and oxygen atoms in total. The van der Waals surface area contributed by atoms with Gasteiger partial charge >= 0.3 is 5.97 Å². The van der Waals surface area contributed by atoms with Gasteiger partial charge in [0, 0.05) is 0 Å². The first-order chi connectivity index (χ1) is 9.76. The number of hydrogen-bond donors (Lipinski definition) is 1. The Morgan fingerprint density at radius 1 is 1.24 bits per heavy atom. The Labute approximate surface area is 125 Å². The van der Waals surface area contributed by atoms with Gasteiger partial charge in [0.05, 0.1) is 11.6 Å². The molecule has 0 amide bonds. The third kappa shape index (κ3) is 4.19. The van der Waals surface area contributed by atoms with Crippen LogP contribution in [0.3, 0.4) is 0 Å². The van der Waals surface area contributed by atoms with E-state index in [1.54, 1.807) is 6.07 Å². The van der Waals surface area contributed by atoms with Crippen molar-refractivity contribution in [1.29, 1.82) is 0 Å². The number of nitrogens with two attached hydrogens (primary N) is 1. The molecule has 1 fully saturated rings. The maximum atomic E-state index is 13.5. The molecule has 1 aromatic rings. The number of anilines is 1. The summed E-state index contributed by atoms with van der Waals surface area (Å²) in [6.07, 6.45) is 3.36. The standard InChI is InChI=1S/C17H24FNO2/c1-17(2,3)21-16(20)12-6-4-11(5-7-12)13-8-9-15(19)14(18)10-13/h8-12H,4-7,19H2,1-3H3. The Morgan fingerprint density at radius 3 is 2.38 bits per heavy atom. The van der Waals surface area contributed by atoms with Gasteiger partial charge in [-0.3, -0.25) is 4.79 Å². The van der Waals surface area contributed by atoms with Crippen molar-refractivity contribution >= 4 is 11.7 Å². The first kappa shape index (κ1) is 15.8. The number of hydrogen-bond acceptors (Lipinski definition) is 3. The average molecular weight is 293 g/mol. The van der Waals surface area contributed by atoms with Gasteiger partial charge in [0.15, 0.2) is 0 Å². The fraction of sp³-hybridized carbons (Fsp3) is 0.588. The Bertz CT molecular complexity index is 514. The molecule has 2 N–H and O–H groups in total. The van der Waals surface area contributed by atoms with Crippen LogP contribution in [0.25, 0.3) is 0 Å². The van der Waals surface area contributed by atoms with Gasteiger partial charge in [-0.1, -0.05) is 6.07 Å². The predicted molar refractivity (Wildman–Crippen MR) is 81.4 cm³/mol. The van der Waals surface area contributed by atoms with Crippen molar-refractivity contribution < 1.29 is 13.9 Å². The Hall–Kier alpha value is -1.58. The van der Waals surface area contributed by atoms with E-state index in [1.165, 1.54) is 6.07 Å². The molecule has 0 aliphatic heterocycles. The molecule has 21 heavy (non-hydrogen) atoms. The van der Waals surface area contributed by atoms with Crippen LogP contribution in [0.5, 0.6) is 0 Å². The van der Waals surface area contributed by atoms with Crippen LogP contribution in [0.15, 0.2) is 18.2 Å². The molecule has 0 atom stereocenters. The lowest BCUT2D eigenvalue weighted by Crippen LogP contribution is -2.30. The van der Waals surface area contributed by atoms with E-state index in [1.807, 2.05) is 26.8 Å². The Balaban J connectivity index is 1.94. The van der Waals surface area contributed by atoms with Crippen LogP contribution in [0.2, 0.25) is 0 Å². The zero-order valence-electron chi connectivity index (χ0n) is 13.0. The first-order valence-corrected chi connectivity index (χ1v) is 7.54. The topological polar surface area (TPSA) is 52.3 Å². The normalized spacial score (nSPS) is 22.9. The van der Waals surface area contributed by atoms with Gasteiger partial charge in [-0.05, 0) is 70.1 Å². The summed E-state index contributed by atoms with van der Waals surface area (Å²) in [6, 6.07) is 5.02. The average Bonchev–Trinajstić information content (AvgIpc) is 2.40. The fourth-order valence-electron chi connectivity index (χ4n) is 2.84. The van der Waals surface area contributed by atoms with Gasteiger partial charge in [0.25, 0.3) is 0 Å². The van der Waals surface area contributed by atoms with Crippen LogP contribution in [0.1, 0.15) is 57.9 Å². The molecule has 0 heterocycles. The second kappa shape index (κ2) is 6.04. The number of carbonyl (C=O) groups excluding carboxylic acids is 1. The van der Waals surface area contributed by atoms with Crippen LogP contribution in [0.4, 0.5) is 10.1 Å². The van der Waals surface area contributed by atoms with E-state index in [4.69, 9.17) is 10.5 Å². The van der Waals surface area contributed by atoms with E-state index in [0.29, 0.717) is 5.92 Å². The number of esters is 1. The molecule has 0 aromatic heterocycles. The number of halogens is 1. The maximum absolute atomic E-state index is 13.5. The van der Waals surface area contributed by atoms with E-state index in [-0.39, 0.29) is 23.4 Å². The van der Waals surface area contributed by atoms with Crippen molar-refractivity contribution in [1.82, 2.24) is 0 Å². The molecular weight excluding hydrogens is 269 g/mol. The quantitative estimate of drug-likeness (QED) is 0.662. The fourth-order valence-corrected chi connectivity index (χ4v) is 2.84. The summed E-state index contributed by atoms with van der Waals surface area (Å²) in [7, 11) is 0. The third-order valence-corrected chi connectivity index (χ3v) is 3.96. The van der Waals surface area contributed by atoms with E-state index in [9.17, 15) is 9.18 Å². The van der Waals surface area contributed by atoms with Crippen molar-refractivity contribution in [3.63, 3.8) is 0 Å². The summed E-state index contributed by atoms with van der Waals surface area (Å²) >= 11 is 0. The highest BCUT2D eigenvalue weighted by atomic mass is 19.1. The van der Waals surface area contributed by atoms with Gasteiger partial charge in [-0.25, -0.2) is 4.39 Å². The largest absolute Gasteiger partial charge is 0.460 e. The third-order valence-electron chi connectivity index (χ3n) is 3.96. The van der Waals surface area contributed by atoms with Gasteiger partial charge in [0.2, 0.25) is 0 Å². The summed E-state index contributed by atoms with van der Waals surface area (Å²) in [4.78, 5) is 12.1. The van der Waals surface area contributed by atoms with Crippen LogP contribution >= 0.6 is 0 Å². The second-order valence-electron chi connectivity index (χ2n) is 6.86. The van der Waals surface area contributed by atoms with E-state index >= 15 is 0 Å². The summed E-state index contributed by atoms with van der Waals surface area (Å²) in [6.45, 7) is 5.65. The minimum atomic E-state index is -0.436. The molecule has 0 unspecified atom stereocenters. The van der Waals surface area contributed by atoms with E-state index in [0.717, 1.165) is 31.2 Å². The van der Waals surface area contributed by atoms with Crippen molar-refractivity contribution in [3.8, 4) is 0 Å². The van der Waals surface area contributed by atoms with Crippen molar-refractivity contribution in [3.05, 3.63) is 29.6 Å². The van der Waals surface area contributed by atoms with Gasteiger partial charge < -0.3 is 10.5 Å². The first-order valence-electron chi connectivity index (χ1n) is 7.54. The predicted octanol–water partition coefficient (Wildman–Crippen LogP) is 4.02. The number of carbonyl (C=O) groups is 1. The highest BCUT2D eigenvalue weighted by Gasteiger charge is 2.30. The molecule has 4 heteroatoms. The molecule has 0 radical (unpaired) electrons. The van der Waals surface area contributed by atoms with E-state index < -0.39 is 5.60 Å². The molecule has 1 aliphatic carbocycles. The second-order valence-corrected chi connectivity index (χ2v) is 6.86. The zero-order chi connectivity index (χ0) is 15.6. The highest BCUT2D eigenvalue weighted by Crippen LogP contribution is 2.37. The molecule has 1 aliphatic rings. The van der Waals surface area contributed by atoms with Crippen molar-refractivity contribution in [2.24, 2.45) is 5.92 Å². The summed E-state index contributed by atoms with van der Waals surface area (Å²) in [5.74, 6) is -0.191. The molecule has 1 aromatic carbocycles. The number of nitrogen functional groups attached to an aromatic ring is 1. The number of benzene rings is 1. The van der Waals surface area contributed by atoms with Crippen LogP contribution in [0, 0.1) is 11.7 Å². The number of ether oxygens (including phenoxy) is 1. The summed E-state index contributed by atoms with van der Waals surface area (Å²) < 4.78 is 19.0. The lowest BCUT2D eigenvalue weighted by atomic mass is 9.78. The van der Waals surface area contributed by atoms with Gasteiger partial charge in [-0.2, -0.15) is 0 Å². The SMILES string of the molecule is CC(C)(C)OC(=O)C1CCC(c2ccc(N)c(F)c2)CC1. The Morgan fingerprint density at radius 2 is 1.86 bits per heavy atom. The van der Waals surface area contributed by atoms with Crippen LogP contribution in [-0.2, 0) is 9.53 Å². The lowest BCUT2D eigenvalue weighted by molar-refractivity contribution is -0.161. The molecule has 0 spiro atoms. The van der Waals surface area contributed by atoms with Crippen LogP contribution in [-0.4, -0.2) is 11.6 Å².